The lowest BCUT2D eigenvalue weighted by Gasteiger charge is -2.24. The summed E-state index contributed by atoms with van der Waals surface area (Å²) in [6.45, 7) is 0.421. The van der Waals surface area contributed by atoms with Crippen molar-refractivity contribution in [3.63, 3.8) is 0 Å². The molecule has 35 heavy (non-hydrogen) atoms. The van der Waals surface area contributed by atoms with Gasteiger partial charge in [-0.15, -0.1) is 11.3 Å². The van der Waals surface area contributed by atoms with E-state index in [9.17, 15) is 29.4 Å². The Morgan fingerprint density at radius 2 is 1.91 bits per heavy atom. The Labute approximate surface area is 202 Å². The number of aromatic carboxylic acids is 1. The van der Waals surface area contributed by atoms with Crippen molar-refractivity contribution in [3.05, 3.63) is 51.9 Å². The molecule has 1 aliphatic rings. The minimum absolute atomic E-state index is 0.0436. The number of methoxy groups -OCH3 is 1. The van der Waals surface area contributed by atoms with Crippen molar-refractivity contribution in [1.82, 2.24) is 10.6 Å². The van der Waals surface area contributed by atoms with E-state index >= 15 is 0 Å². The van der Waals surface area contributed by atoms with Crippen LogP contribution in [0.2, 0.25) is 0 Å². The normalized spacial score (nSPS) is 14.7. The minimum atomic E-state index is -1.72. The van der Waals surface area contributed by atoms with E-state index in [-0.39, 0.29) is 47.4 Å². The third-order valence-electron chi connectivity index (χ3n) is 5.64. The molecule has 1 aromatic heterocycles. The summed E-state index contributed by atoms with van der Waals surface area (Å²) >= 11 is 0.996. The zero-order chi connectivity index (χ0) is 25.3. The van der Waals surface area contributed by atoms with E-state index in [1.54, 1.807) is 24.3 Å². The predicted molar refractivity (Wildman–Crippen MR) is 126 cm³/mol. The van der Waals surface area contributed by atoms with Crippen molar-refractivity contribution < 1.29 is 39.2 Å². The second-order valence-corrected chi connectivity index (χ2v) is 8.95. The molecule has 2 amide bonds. The predicted octanol–water partition coefficient (Wildman–Crippen LogP) is 1.78. The summed E-state index contributed by atoms with van der Waals surface area (Å²) in [5.41, 5.74) is 0.406. The number of phenolic OH excluding ortho intramolecular Hbond substituents is 1. The van der Waals surface area contributed by atoms with Gasteiger partial charge in [0.25, 0.3) is 5.91 Å². The molecule has 0 bridgehead atoms. The molecular formula is C23H21N3O8S. The Morgan fingerprint density at radius 3 is 2.60 bits per heavy atom. The molecule has 0 saturated carbocycles. The highest BCUT2D eigenvalue weighted by Crippen LogP contribution is 2.36. The standard InChI is InChI=1S/C23H21N3O8S/c1-34-13-3-2-10-6-16(27)14(5-11(10)4-13)19(28)25-8-12-7-15-17(9-24-12)35-21(18(15)22(30)31)26-20(29)23(32)33/h2-6,12,24,27H,7-9H2,1H3,(H,25,28)(H,26,29)(H,30,31)(H,32,33)/t12-/m0/s1. The molecule has 0 unspecified atom stereocenters. The van der Waals surface area contributed by atoms with Crippen molar-refractivity contribution >= 4 is 50.9 Å². The highest BCUT2D eigenvalue weighted by Gasteiger charge is 2.30. The number of carboxylic acids is 2. The van der Waals surface area contributed by atoms with Crippen molar-refractivity contribution in [2.45, 2.75) is 19.0 Å². The van der Waals surface area contributed by atoms with Gasteiger partial charge in [-0.3, -0.25) is 9.59 Å². The van der Waals surface area contributed by atoms with Crippen molar-refractivity contribution in [3.8, 4) is 11.5 Å². The number of thiophene rings is 1. The lowest BCUT2D eigenvalue weighted by Crippen LogP contribution is -2.44. The van der Waals surface area contributed by atoms with Gasteiger partial charge >= 0.3 is 17.8 Å². The maximum atomic E-state index is 12.8. The molecule has 4 rings (SSSR count). The Bertz CT molecular complexity index is 1370. The number of hydrogen-bond donors (Lipinski definition) is 6. The van der Waals surface area contributed by atoms with Crippen LogP contribution in [0.5, 0.6) is 11.5 Å². The van der Waals surface area contributed by atoms with Crippen LogP contribution in [0.3, 0.4) is 0 Å². The molecule has 11 nitrogen and oxygen atoms in total. The third kappa shape index (κ3) is 4.88. The zero-order valence-corrected chi connectivity index (χ0v) is 19.2. The van der Waals surface area contributed by atoms with Crippen LogP contribution in [-0.2, 0) is 22.6 Å². The summed E-state index contributed by atoms with van der Waals surface area (Å²) in [5, 5.41) is 38.3. The monoisotopic (exact) mass is 499 g/mol. The highest BCUT2D eigenvalue weighted by atomic mass is 32.1. The van der Waals surface area contributed by atoms with Gasteiger partial charge in [0.15, 0.2) is 0 Å². The summed E-state index contributed by atoms with van der Waals surface area (Å²) in [4.78, 5) is 47.7. The number of ether oxygens (including phenoxy) is 1. The van der Waals surface area contributed by atoms with E-state index in [1.165, 1.54) is 13.2 Å². The van der Waals surface area contributed by atoms with E-state index in [0.717, 1.165) is 16.7 Å². The van der Waals surface area contributed by atoms with Gasteiger partial charge in [-0.2, -0.15) is 0 Å². The van der Waals surface area contributed by atoms with Gasteiger partial charge in [0, 0.05) is 24.0 Å². The van der Waals surface area contributed by atoms with Crippen LogP contribution in [0.25, 0.3) is 10.8 Å². The van der Waals surface area contributed by atoms with Crippen LogP contribution < -0.4 is 20.7 Å². The van der Waals surface area contributed by atoms with Crippen molar-refractivity contribution in [2.75, 3.05) is 19.0 Å². The number of aliphatic carboxylic acids is 1. The molecule has 3 aromatic rings. The second-order valence-electron chi connectivity index (χ2n) is 7.85. The third-order valence-corrected chi connectivity index (χ3v) is 6.79. The first kappa shape index (κ1) is 24.0. The maximum absolute atomic E-state index is 12.8. The summed E-state index contributed by atoms with van der Waals surface area (Å²) in [6.07, 6.45) is 0.234. The number of phenols is 1. The average Bonchev–Trinajstić information content (AvgIpc) is 3.18. The molecule has 1 atom stereocenters. The molecule has 0 aliphatic carbocycles. The fourth-order valence-electron chi connectivity index (χ4n) is 3.93. The Hall–Kier alpha value is -4.16. The first-order chi connectivity index (χ1) is 16.7. The van der Waals surface area contributed by atoms with Gasteiger partial charge < -0.3 is 36.0 Å². The Kier molecular flexibility index (Phi) is 6.58. The van der Waals surface area contributed by atoms with E-state index in [2.05, 4.69) is 16.0 Å². The number of benzene rings is 2. The summed E-state index contributed by atoms with van der Waals surface area (Å²) in [7, 11) is 1.53. The smallest absolute Gasteiger partial charge is 0.394 e. The van der Waals surface area contributed by atoms with Crippen LogP contribution in [0.15, 0.2) is 30.3 Å². The van der Waals surface area contributed by atoms with Crippen LogP contribution in [0, 0.1) is 0 Å². The molecule has 182 valence electrons. The van der Waals surface area contributed by atoms with Gasteiger partial charge in [-0.25, -0.2) is 9.59 Å². The first-order valence-corrected chi connectivity index (χ1v) is 11.2. The number of carbonyl (C=O) groups excluding carboxylic acids is 2. The zero-order valence-electron chi connectivity index (χ0n) is 18.4. The van der Waals surface area contributed by atoms with E-state index in [1.807, 2.05) is 0 Å². The number of anilines is 1. The summed E-state index contributed by atoms with van der Waals surface area (Å²) < 4.78 is 5.20. The topological polar surface area (TPSA) is 174 Å². The molecule has 2 heterocycles. The maximum Gasteiger partial charge on any atom is 0.394 e. The summed E-state index contributed by atoms with van der Waals surface area (Å²) in [6, 6.07) is 8.00. The molecule has 12 heteroatoms. The second kappa shape index (κ2) is 9.60. The Balaban J connectivity index is 1.49. The van der Waals surface area contributed by atoms with Crippen molar-refractivity contribution in [2.24, 2.45) is 0 Å². The molecular weight excluding hydrogens is 478 g/mol. The van der Waals surface area contributed by atoms with Gasteiger partial charge in [-0.1, -0.05) is 6.07 Å². The fourth-order valence-corrected chi connectivity index (χ4v) is 5.09. The minimum Gasteiger partial charge on any atom is -0.507 e. The molecule has 0 spiro atoms. The number of aromatic hydroxyl groups is 1. The van der Waals surface area contributed by atoms with Crippen LogP contribution in [0.4, 0.5) is 5.00 Å². The fraction of sp³-hybridized carbons (Fsp3) is 0.217. The molecule has 6 N–H and O–H groups in total. The van der Waals surface area contributed by atoms with E-state index in [4.69, 9.17) is 9.84 Å². The highest BCUT2D eigenvalue weighted by molar-refractivity contribution is 7.17. The molecule has 0 radical (unpaired) electrons. The number of nitrogens with one attached hydrogen (secondary N) is 3. The van der Waals surface area contributed by atoms with Gasteiger partial charge in [0.1, 0.15) is 16.5 Å². The molecule has 2 aromatic carbocycles. The van der Waals surface area contributed by atoms with Crippen LogP contribution in [-0.4, -0.2) is 58.8 Å². The number of amides is 2. The number of hydrogen-bond acceptors (Lipinski definition) is 8. The van der Waals surface area contributed by atoms with E-state index in [0.29, 0.717) is 21.6 Å². The number of fused-ring (bicyclic) bond motifs is 2. The van der Waals surface area contributed by atoms with E-state index < -0.39 is 23.8 Å². The SMILES string of the molecule is COc1ccc2cc(O)c(C(=O)NC[C@@H]3Cc4c(sc(NC(=O)C(=O)O)c4C(=O)O)CN3)cc2c1. The van der Waals surface area contributed by atoms with Gasteiger partial charge in [-0.05, 0) is 47.0 Å². The quantitative estimate of drug-likeness (QED) is 0.276. The number of rotatable bonds is 6. The molecule has 1 aliphatic heterocycles. The Morgan fingerprint density at radius 1 is 1.14 bits per heavy atom. The first-order valence-electron chi connectivity index (χ1n) is 10.4. The number of carbonyl (C=O) groups is 4. The molecule has 0 saturated heterocycles. The summed E-state index contributed by atoms with van der Waals surface area (Å²) in [5.74, 6) is -4.40. The lowest BCUT2D eigenvalue weighted by atomic mass is 9.97. The van der Waals surface area contributed by atoms with Crippen LogP contribution >= 0.6 is 11.3 Å². The number of carboxylic acid groups (broad SMARTS) is 2. The van der Waals surface area contributed by atoms with Gasteiger partial charge in [0.05, 0.1) is 18.2 Å². The lowest BCUT2D eigenvalue weighted by molar-refractivity contribution is -0.147. The largest absolute Gasteiger partial charge is 0.507 e. The van der Waals surface area contributed by atoms with Crippen molar-refractivity contribution in [1.29, 1.82) is 0 Å². The molecule has 0 fully saturated rings. The van der Waals surface area contributed by atoms with Gasteiger partial charge in [0.2, 0.25) is 0 Å². The van der Waals surface area contributed by atoms with Crippen LogP contribution in [0.1, 0.15) is 31.2 Å². The average molecular weight is 500 g/mol.